The van der Waals surface area contributed by atoms with Gasteiger partial charge >= 0.3 is 12.1 Å². The van der Waals surface area contributed by atoms with Gasteiger partial charge < -0.3 is 24.3 Å². The molecule has 0 spiro atoms. The Bertz CT molecular complexity index is 1540. The molecule has 1 N–H and O–H groups in total. The Hall–Kier alpha value is -3.88. The van der Waals surface area contributed by atoms with Gasteiger partial charge in [0, 0.05) is 10.0 Å². The van der Waals surface area contributed by atoms with E-state index in [1.54, 1.807) is 19.9 Å². The average Bonchev–Trinajstić information content (AvgIpc) is 3.35. The van der Waals surface area contributed by atoms with Crippen molar-refractivity contribution in [2.75, 3.05) is 0 Å². The summed E-state index contributed by atoms with van der Waals surface area (Å²) in [6.07, 6.45) is -2.26. The Morgan fingerprint density at radius 1 is 0.750 bits per heavy atom. The van der Waals surface area contributed by atoms with Crippen LogP contribution in [0.5, 0.6) is 0 Å². The minimum Gasteiger partial charge on any atom is -0.459 e. The summed E-state index contributed by atoms with van der Waals surface area (Å²) in [5.41, 5.74) is 4.38. The van der Waals surface area contributed by atoms with Crippen molar-refractivity contribution in [3.63, 3.8) is 0 Å². The summed E-state index contributed by atoms with van der Waals surface area (Å²) in [5, 5.41) is 4.01. The number of halogens is 2. The molecule has 0 radical (unpaired) electrons. The van der Waals surface area contributed by atoms with Crippen LogP contribution < -0.4 is 5.32 Å². The van der Waals surface area contributed by atoms with Gasteiger partial charge in [0.25, 0.3) is 0 Å². The van der Waals surface area contributed by atoms with Crippen LogP contribution in [-0.2, 0) is 43.4 Å². The second-order valence-electron chi connectivity index (χ2n) is 11.0. The van der Waals surface area contributed by atoms with Crippen molar-refractivity contribution < 1.29 is 28.5 Å². The van der Waals surface area contributed by atoms with Crippen LogP contribution in [0.25, 0.3) is 11.1 Å². The lowest BCUT2D eigenvalue weighted by molar-refractivity contribution is -0.171. The monoisotopic (exact) mass is 633 g/mol. The van der Waals surface area contributed by atoms with Crippen molar-refractivity contribution in [3.05, 3.63) is 130 Å². The third-order valence-electron chi connectivity index (χ3n) is 7.10. The minimum absolute atomic E-state index is 0.0822. The van der Waals surface area contributed by atoms with Crippen molar-refractivity contribution in [3.8, 4) is 11.1 Å². The van der Waals surface area contributed by atoms with Crippen LogP contribution in [0, 0.1) is 0 Å². The molecule has 0 bridgehead atoms. The van der Waals surface area contributed by atoms with Crippen LogP contribution in [-0.4, -0.2) is 36.1 Å². The Balaban J connectivity index is 1.36. The zero-order valence-corrected chi connectivity index (χ0v) is 25.9. The molecule has 1 fully saturated rings. The number of nitrogens with one attached hydrogen (secondary N) is 1. The molecule has 1 aliphatic heterocycles. The summed E-state index contributed by atoms with van der Waals surface area (Å²) in [5.74, 6) is -1.67. The minimum atomic E-state index is -1.09. The predicted molar refractivity (Wildman–Crippen MR) is 169 cm³/mol. The summed E-state index contributed by atoms with van der Waals surface area (Å²) in [4.78, 5) is 26.4. The lowest BCUT2D eigenvalue weighted by Crippen LogP contribution is -2.51. The van der Waals surface area contributed by atoms with Crippen LogP contribution in [0.1, 0.15) is 30.5 Å². The number of hydrogen-bond acceptors (Lipinski definition) is 6. The van der Waals surface area contributed by atoms with E-state index >= 15 is 0 Å². The molecule has 9 heteroatoms. The molecule has 0 aromatic heterocycles. The number of amides is 1. The largest absolute Gasteiger partial charge is 0.459 e. The second-order valence-corrected chi connectivity index (χ2v) is 11.9. The molecule has 7 nitrogen and oxygen atoms in total. The normalized spacial score (nSPS) is 17.9. The van der Waals surface area contributed by atoms with E-state index in [1.807, 2.05) is 97.1 Å². The predicted octanol–water partition coefficient (Wildman–Crippen LogP) is 7.76. The first-order valence-electron chi connectivity index (χ1n) is 14.2. The number of esters is 1. The van der Waals surface area contributed by atoms with E-state index in [2.05, 4.69) is 5.32 Å². The molecule has 5 rings (SSSR count). The molecule has 228 valence electrons. The molecule has 3 atom stereocenters. The van der Waals surface area contributed by atoms with Gasteiger partial charge in [-0.1, -0.05) is 108 Å². The van der Waals surface area contributed by atoms with Crippen molar-refractivity contribution in [2.24, 2.45) is 0 Å². The quantitative estimate of drug-likeness (QED) is 0.180. The van der Waals surface area contributed by atoms with E-state index in [0.717, 1.165) is 27.8 Å². The molecular formula is C35H33Cl2NO6. The fourth-order valence-corrected chi connectivity index (χ4v) is 5.58. The highest BCUT2D eigenvalue weighted by atomic mass is 35.5. The Morgan fingerprint density at radius 2 is 1.32 bits per heavy atom. The van der Waals surface area contributed by atoms with Gasteiger partial charge in [-0.15, -0.1) is 0 Å². The van der Waals surface area contributed by atoms with E-state index in [-0.39, 0.29) is 13.2 Å². The molecule has 0 aliphatic carbocycles. The third-order valence-corrected chi connectivity index (χ3v) is 7.54. The van der Waals surface area contributed by atoms with Gasteiger partial charge in [-0.25, -0.2) is 9.59 Å². The van der Waals surface area contributed by atoms with Gasteiger partial charge in [-0.3, -0.25) is 0 Å². The first kappa shape index (κ1) is 31.5. The van der Waals surface area contributed by atoms with E-state index in [1.165, 1.54) is 0 Å². The lowest BCUT2D eigenvalue weighted by Gasteiger charge is -2.27. The Labute approximate surface area is 267 Å². The molecule has 4 aromatic rings. The highest BCUT2D eigenvalue weighted by Gasteiger charge is 2.50. The lowest BCUT2D eigenvalue weighted by atomic mass is 9.96. The fourth-order valence-electron chi connectivity index (χ4n) is 5.05. The van der Waals surface area contributed by atoms with E-state index in [4.69, 9.17) is 42.1 Å². The van der Waals surface area contributed by atoms with Crippen molar-refractivity contribution in [1.82, 2.24) is 5.32 Å². The van der Waals surface area contributed by atoms with Crippen LogP contribution in [0.2, 0.25) is 10.0 Å². The second kappa shape index (κ2) is 14.3. The third kappa shape index (κ3) is 8.61. The van der Waals surface area contributed by atoms with Crippen molar-refractivity contribution >= 4 is 35.3 Å². The van der Waals surface area contributed by atoms with Gasteiger partial charge in [-0.2, -0.15) is 0 Å². The molecule has 1 aliphatic rings. The number of hydrogen-bond donors (Lipinski definition) is 1. The standard InChI is InChI=1S/C35H33Cl2NO6/c1-35(2)43-31(32(44-35)33(39)41-21-24-9-5-3-6-10-24)30(38-34(40)42-22-25-11-7-4-8-12-25)17-23-13-15-26(16-14-23)27-18-28(36)20-29(37)19-27/h3-16,18-20,30-32H,17,21-22H2,1-2H3,(H,38,40)/t30-,31-,32+/m1/s1. The SMILES string of the molecule is CC1(C)O[C@H]([C@@H](Cc2ccc(-c3cc(Cl)cc(Cl)c3)cc2)NC(=O)OCc2ccccc2)[C@@H](C(=O)OCc2ccccc2)O1. The van der Waals surface area contributed by atoms with Crippen LogP contribution >= 0.6 is 23.2 Å². The number of carbonyl (C=O) groups is 2. The first-order chi connectivity index (χ1) is 21.1. The first-order valence-corrected chi connectivity index (χ1v) is 15.0. The van der Waals surface area contributed by atoms with Gasteiger partial charge in [0.2, 0.25) is 0 Å². The topological polar surface area (TPSA) is 83.1 Å². The molecule has 0 unspecified atom stereocenters. The van der Waals surface area contributed by atoms with Crippen molar-refractivity contribution in [1.29, 1.82) is 0 Å². The molecule has 1 amide bonds. The highest BCUT2D eigenvalue weighted by Crippen LogP contribution is 2.33. The highest BCUT2D eigenvalue weighted by molar-refractivity contribution is 6.35. The van der Waals surface area contributed by atoms with Crippen LogP contribution in [0.15, 0.2) is 103 Å². The molecule has 0 saturated carbocycles. The van der Waals surface area contributed by atoms with E-state index in [9.17, 15) is 9.59 Å². The number of rotatable bonds is 10. The molecular weight excluding hydrogens is 601 g/mol. The smallest absolute Gasteiger partial charge is 0.407 e. The Kier molecular flexibility index (Phi) is 10.2. The molecule has 1 saturated heterocycles. The maximum atomic E-state index is 13.3. The number of alkyl carbamates (subject to hydrolysis) is 1. The summed E-state index contributed by atoms with van der Waals surface area (Å²) in [6.45, 7) is 3.62. The zero-order chi connectivity index (χ0) is 31.1. The van der Waals surface area contributed by atoms with Gasteiger partial charge in [0.05, 0.1) is 6.04 Å². The molecule has 1 heterocycles. The Morgan fingerprint density at radius 3 is 1.91 bits per heavy atom. The number of benzene rings is 4. The maximum absolute atomic E-state index is 13.3. The summed E-state index contributed by atoms with van der Waals surface area (Å²) < 4.78 is 23.4. The number of carbonyl (C=O) groups excluding carboxylic acids is 2. The fraction of sp³-hybridized carbons (Fsp3) is 0.257. The molecule has 44 heavy (non-hydrogen) atoms. The summed E-state index contributed by atoms with van der Waals surface area (Å²) in [7, 11) is 0. The molecule has 4 aromatic carbocycles. The van der Waals surface area contributed by atoms with Gasteiger partial charge in [-0.05, 0) is 66.3 Å². The summed E-state index contributed by atoms with van der Waals surface area (Å²) >= 11 is 12.4. The van der Waals surface area contributed by atoms with E-state index in [0.29, 0.717) is 16.5 Å². The maximum Gasteiger partial charge on any atom is 0.407 e. The van der Waals surface area contributed by atoms with Gasteiger partial charge in [0.15, 0.2) is 11.9 Å². The van der Waals surface area contributed by atoms with Crippen molar-refractivity contribution in [2.45, 2.75) is 57.5 Å². The van der Waals surface area contributed by atoms with Crippen LogP contribution in [0.3, 0.4) is 0 Å². The van der Waals surface area contributed by atoms with Crippen LogP contribution in [0.4, 0.5) is 4.79 Å². The number of ether oxygens (including phenoxy) is 4. The van der Waals surface area contributed by atoms with E-state index < -0.39 is 36.1 Å². The van der Waals surface area contributed by atoms with Gasteiger partial charge in [0.1, 0.15) is 19.3 Å². The average molecular weight is 635 g/mol. The summed E-state index contributed by atoms with van der Waals surface area (Å²) in [6, 6.07) is 31.2. The zero-order valence-electron chi connectivity index (χ0n) is 24.4.